The van der Waals surface area contributed by atoms with E-state index < -0.39 is 0 Å². The first-order valence-corrected chi connectivity index (χ1v) is 10.6. The van der Waals surface area contributed by atoms with Gasteiger partial charge in [-0.05, 0) is 48.5 Å². The minimum absolute atomic E-state index is 0.000244. The Balaban J connectivity index is 1.62. The molecule has 3 unspecified atom stereocenters. The molecule has 0 aliphatic carbocycles. The summed E-state index contributed by atoms with van der Waals surface area (Å²) in [7, 11) is 0.539. The fraction of sp³-hybridized carbons (Fsp3) is 0.217. The van der Waals surface area contributed by atoms with Gasteiger partial charge in [-0.1, -0.05) is 51.6 Å². The van der Waals surface area contributed by atoms with Crippen molar-refractivity contribution in [2.45, 2.75) is 32.1 Å². The topological polar surface area (TPSA) is 53.5 Å². The molecule has 6 heteroatoms. The van der Waals surface area contributed by atoms with Crippen LogP contribution in [0.25, 0.3) is 0 Å². The zero-order valence-electron chi connectivity index (χ0n) is 16.6. The predicted molar refractivity (Wildman–Crippen MR) is 120 cm³/mol. The van der Waals surface area contributed by atoms with E-state index >= 15 is 0 Å². The Labute approximate surface area is 172 Å². The van der Waals surface area contributed by atoms with E-state index in [-0.39, 0.29) is 30.0 Å². The number of halogens is 1. The molecule has 1 aliphatic heterocycles. The molecular weight excluding hydrogens is 384 g/mol. The lowest BCUT2D eigenvalue weighted by atomic mass is 10.1. The first-order valence-electron chi connectivity index (χ1n) is 9.52. The van der Waals surface area contributed by atoms with Crippen LogP contribution in [0, 0.1) is 5.82 Å². The van der Waals surface area contributed by atoms with Crippen LogP contribution in [-0.2, 0) is 11.2 Å². The fourth-order valence-corrected chi connectivity index (χ4v) is 4.35. The molecule has 3 atom stereocenters. The molecule has 2 N–H and O–H groups in total. The highest BCUT2D eigenvalue weighted by atomic mass is 31.1. The predicted octanol–water partition coefficient (Wildman–Crippen LogP) is 5.16. The molecule has 0 radical (unpaired) electrons. The number of carbonyl (C=O) groups excluding carboxylic acids is 1. The van der Waals surface area contributed by atoms with Gasteiger partial charge in [0.25, 0.3) is 0 Å². The third-order valence-electron chi connectivity index (χ3n) is 4.68. The van der Waals surface area contributed by atoms with Gasteiger partial charge in [-0.15, -0.1) is 0 Å². The van der Waals surface area contributed by atoms with Crippen LogP contribution in [0.5, 0.6) is 0 Å². The number of amides is 1. The standard InChI is InChI=1S/C23H25FN3OP/c1-4-21-16(3)29-23(14-25-21)26-15(2)17-9-7-10-19(12-17)27-22(28)13-18-8-5-6-11-20(18)24/h4-12,14-15,23,26,29H,3,13H2,1-2H3,(H,27,28)/b21-4+. The number of anilines is 1. The van der Waals surface area contributed by atoms with E-state index in [0.29, 0.717) is 19.8 Å². The number of allylic oxidation sites excluding steroid dienone is 2. The molecule has 29 heavy (non-hydrogen) atoms. The molecule has 2 aromatic rings. The Hall–Kier alpha value is -2.62. The van der Waals surface area contributed by atoms with Gasteiger partial charge >= 0.3 is 0 Å². The molecule has 3 rings (SSSR count). The number of hydrogen-bond donors (Lipinski definition) is 2. The van der Waals surface area contributed by atoms with E-state index in [1.807, 2.05) is 43.5 Å². The van der Waals surface area contributed by atoms with Gasteiger partial charge in [0.2, 0.25) is 5.91 Å². The fourth-order valence-electron chi connectivity index (χ4n) is 3.14. The Morgan fingerprint density at radius 2 is 2.10 bits per heavy atom. The highest BCUT2D eigenvalue weighted by molar-refractivity contribution is 7.45. The summed E-state index contributed by atoms with van der Waals surface area (Å²) in [6.45, 7) is 8.14. The summed E-state index contributed by atoms with van der Waals surface area (Å²) >= 11 is 0. The zero-order chi connectivity index (χ0) is 20.8. The van der Waals surface area contributed by atoms with Gasteiger partial charge < -0.3 is 5.32 Å². The van der Waals surface area contributed by atoms with Crippen molar-refractivity contribution in [1.29, 1.82) is 0 Å². The molecule has 0 saturated carbocycles. The third-order valence-corrected chi connectivity index (χ3v) is 5.92. The summed E-state index contributed by atoms with van der Waals surface area (Å²) in [5.74, 6) is -0.476. The van der Waals surface area contributed by atoms with E-state index in [2.05, 4.69) is 29.1 Å². The van der Waals surface area contributed by atoms with Crippen LogP contribution in [0.1, 0.15) is 31.0 Å². The summed E-state index contributed by atoms with van der Waals surface area (Å²) in [6, 6.07) is 14.1. The first kappa shape index (κ1) is 21.1. The van der Waals surface area contributed by atoms with E-state index in [0.717, 1.165) is 16.6 Å². The highest BCUT2D eigenvalue weighted by Gasteiger charge is 2.18. The molecule has 4 nitrogen and oxygen atoms in total. The third kappa shape index (κ3) is 5.69. The Morgan fingerprint density at radius 3 is 2.83 bits per heavy atom. The molecule has 0 fully saturated rings. The number of carbonyl (C=O) groups is 1. The van der Waals surface area contributed by atoms with Crippen LogP contribution in [-0.4, -0.2) is 17.9 Å². The second kappa shape index (κ2) is 9.73. The van der Waals surface area contributed by atoms with Crippen LogP contribution >= 0.6 is 8.58 Å². The van der Waals surface area contributed by atoms with Crippen molar-refractivity contribution in [2.24, 2.45) is 4.99 Å². The number of aliphatic imine (C=N–C) groups is 1. The smallest absolute Gasteiger partial charge is 0.228 e. The number of rotatable bonds is 6. The van der Waals surface area contributed by atoms with Crippen molar-refractivity contribution >= 4 is 26.4 Å². The van der Waals surface area contributed by atoms with Crippen molar-refractivity contribution in [3.63, 3.8) is 0 Å². The summed E-state index contributed by atoms with van der Waals surface area (Å²) < 4.78 is 13.7. The molecule has 0 bridgehead atoms. The van der Waals surface area contributed by atoms with Crippen molar-refractivity contribution in [3.05, 3.63) is 89.1 Å². The van der Waals surface area contributed by atoms with Crippen LogP contribution < -0.4 is 10.6 Å². The van der Waals surface area contributed by atoms with Gasteiger partial charge in [0, 0.05) is 17.9 Å². The van der Waals surface area contributed by atoms with E-state index in [1.54, 1.807) is 18.2 Å². The van der Waals surface area contributed by atoms with Crippen molar-refractivity contribution in [2.75, 3.05) is 5.32 Å². The average Bonchev–Trinajstić information content (AvgIpc) is 2.70. The Bertz CT molecular complexity index is 970. The lowest BCUT2D eigenvalue weighted by Gasteiger charge is -2.25. The summed E-state index contributed by atoms with van der Waals surface area (Å²) in [4.78, 5) is 16.8. The maximum atomic E-state index is 13.7. The molecule has 150 valence electrons. The number of nitrogens with zero attached hydrogens (tertiary/aromatic N) is 1. The van der Waals surface area contributed by atoms with Crippen LogP contribution in [0.15, 0.2) is 77.2 Å². The first-order chi connectivity index (χ1) is 14.0. The normalized spacial score (nSPS) is 19.5. The number of nitrogens with one attached hydrogen (secondary N) is 2. The summed E-state index contributed by atoms with van der Waals surface area (Å²) in [6.07, 6.45) is 3.90. The number of benzene rings is 2. The molecule has 2 aromatic carbocycles. The van der Waals surface area contributed by atoms with Crippen molar-refractivity contribution < 1.29 is 9.18 Å². The molecule has 1 aliphatic rings. The van der Waals surface area contributed by atoms with Crippen LogP contribution in [0.3, 0.4) is 0 Å². The second-order valence-electron chi connectivity index (χ2n) is 6.88. The largest absolute Gasteiger partial charge is 0.326 e. The zero-order valence-corrected chi connectivity index (χ0v) is 17.6. The van der Waals surface area contributed by atoms with Crippen LogP contribution in [0.2, 0.25) is 0 Å². The van der Waals surface area contributed by atoms with Crippen molar-refractivity contribution in [1.82, 2.24) is 5.32 Å². The monoisotopic (exact) mass is 409 g/mol. The van der Waals surface area contributed by atoms with Gasteiger partial charge in [-0.25, -0.2) is 4.39 Å². The minimum Gasteiger partial charge on any atom is -0.326 e. The minimum atomic E-state index is -0.369. The maximum Gasteiger partial charge on any atom is 0.228 e. The molecular formula is C23H25FN3OP. The van der Waals surface area contributed by atoms with Gasteiger partial charge in [0.1, 0.15) is 5.82 Å². The molecule has 1 amide bonds. The lowest BCUT2D eigenvalue weighted by molar-refractivity contribution is -0.115. The number of hydrogen-bond acceptors (Lipinski definition) is 3. The van der Waals surface area contributed by atoms with Crippen molar-refractivity contribution in [3.8, 4) is 0 Å². The molecule has 0 aromatic heterocycles. The molecule has 0 saturated heterocycles. The van der Waals surface area contributed by atoms with E-state index in [1.165, 1.54) is 6.07 Å². The highest BCUT2D eigenvalue weighted by Crippen LogP contribution is 2.36. The quantitative estimate of drug-likeness (QED) is 0.647. The SMILES string of the molecule is C=C1PC(NC(C)c2cccc(NC(=O)Cc3ccccc3F)c2)C=N/C1=C/C. The van der Waals surface area contributed by atoms with Crippen LogP contribution in [0.4, 0.5) is 10.1 Å². The second-order valence-corrected chi connectivity index (χ2v) is 8.40. The van der Waals surface area contributed by atoms with Gasteiger partial charge in [-0.3, -0.25) is 15.1 Å². The average molecular weight is 409 g/mol. The summed E-state index contributed by atoms with van der Waals surface area (Å²) in [5, 5.41) is 7.46. The molecule has 1 heterocycles. The Kier molecular flexibility index (Phi) is 7.08. The van der Waals surface area contributed by atoms with Gasteiger partial charge in [0.05, 0.1) is 17.9 Å². The molecule has 0 spiro atoms. The Morgan fingerprint density at radius 1 is 1.31 bits per heavy atom. The maximum absolute atomic E-state index is 13.7. The van der Waals surface area contributed by atoms with Gasteiger partial charge in [-0.2, -0.15) is 0 Å². The van der Waals surface area contributed by atoms with E-state index in [4.69, 9.17) is 0 Å². The van der Waals surface area contributed by atoms with Gasteiger partial charge in [0.15, 0.2) is 0 Å². The van der Waals surface area contributed by atoms with E-state index in [9.17, 15) is 9.18 Å². The summed E-state index contributed by atoms with van der Waals surface area (Å²) in [5.41, 5.74) is 3.08. The lowest BCUT2D eigenvalue weighted by Crippen LogP contribution is -2.30.